The summed E-state index contributed by atoms with van der Waals surface area (Å²) < 4.78 is 0.985. The molecule has 0 saturated carbocycles. The predicted molar refractivity (Wildman–Crippen MR) is 103 cm³/mol. The van der Waals surface area contributed by atoms with Crippen molar-refractivity contribution in [2.45, 2.75) is 19.4 Å². The van der Waals surface area contributed by atoms with Crippen molar-refractivity contribution < 1.29 is 5.11 Å². The van der Waals surface area contributed by atoms with Gasteiger partial charge in [-0.25, -0.2) is 9.97 Å². The number of hydrogen-bond acceptors (Lipinski definition) is 5. The van der Waals surface area contributed by atoms with Crippen LogP contribution in [-0.4, -0.2) is 33.1 Å². The lowest BCUT2D eigenvalue weighted by Crippen LogP contribution is -2.18. The van der Waals surface area contributed by atoms with Gasteiger partial charge in [-0.15, -0.1) is 0 Å². The average molecular weight is 399 g/mol. The number of nitrogens with one attached hydrogen (secondary N) is 1. The fourth-order valence-electron chi connectivity index (χ4n) is 3.24. The summed E-state index contributed by atoms with van der Waals surface area (Å²) in [5.41, 5.74) is 2.73. The maximum atomic E-state index is 10.2. The van der Waals surface area contributed by atoms with Crippen LogP contribution in [0.2, 0.25) is 0 Å². The number of likely N-dealkylation sites (tertiary alicyclic amines) is 1. The minimum atomic E-state index is 0.341. The summed E-state index contributed by atoms with van der Waals surface area (Å²) >= 11 is 3.50. The molecule has 3 aromatic rings. The maximum Gasteiger partial charge on any atom is 0.141 e. The number of rotatable bonds is 4. The molecule has 0 atom stereocenters. The first-order valence-electron chi connectivity index (χ1n) is 8.40. The molecule has 2 heterocycles. The lowest BCUT2D eigenvalue weighted by atomic mass is 10.1. The molecule has 0 amide bonds. The number of fused-ring (bicyclic) bond motifs is 1. The summed E-state index contributed by atoms with van der Waals surface area (Å²) in [5.74, 6) is 1.09. The van der Waals surface area contributed by atoms with E-state index >= 15 is 0 Å². The molecule has 1 aliphatic heterocycles. The molecule has 1 aromatic heterocycles. The minimum Gasteiger partial charge on any atom is -0.508 e. The Bertz CT molecular complexity index is 909. The summed E-state index contributed by atoms with van der Waals surface area (Å²) in [6.45, 7) is 2.97. The Balaban J connectivity index is 1.63. The molecule has 1 saturated heterocycles. The van der Waals surface area contributed by atoms with Crippen LogP contribution in [-0.2, 0) is 6.54 Å². The average Bonchev–Trinajstić information content (AvgIpc) is 3.11. The highest BCUT2D eigenvalue weighted by Gasteiger charge is 2.14. The second kappa shape index (κ2) is 6.98. The Morgan fingerprint density at radius 2 is 1.92 bits per heavy atom. The molecule has 1 fully saturated rings. The van der Waals surface area contributed by atoms with Gasteiger partial charge in [0.1, 0.15) is 17.9 Å². The largest absolute Gasteiger partial charge is 0.508 e. The molecule has 0 spiro atoms. The van der Waals surface area contributed by atoms with E-state index in [0.717, 1.165) is 52.1 Å². The van der Waals surface area contributed by atoms with Gasteiger partial charge in [0.2, 0.25) is 0 Å². The molecule has 25 heavy (non-hydrogen) atoms. The topological polar surface area (TPSA) is 61.3 Å². The zero-order valence-corrected chi connectivity index (χ0v) is 15.3. The normalized spacial score (nSPS) is 14.9. The van der Waals surface area contributed by atoms with Crippen molar-refractivity contribution >= 4 is 38.3 Å². The second-order valence-corrected chi connectivity index (χ2v) is 7.25. The first-order valence-corrected chi connectivity index (χ1v) is 9.20. The highest BCUT2D eigenvalue weighted by molar-refractivity contribution is 9.10. The summed E-state index contributed by atoms with van der Waals surface area (Å²) in [6.07, 6.45) is 4.03. The molecular weight excluding hydrogens is 380 g/mol. The van der Waals surface area contributed by atoms with E-state index in [-0.39, 0.29) is 0 Å². The van der Waals surface area contributed by atoms with Crippen LogP contribution in [0.5, 0.6) is 5.75 Å². The van der Waals surface area contributed by atoms with Crippen LogP contribution in [0, 0.1) is 0 Å². The Morgan fingerprint density at radius 3 is 2.76 bits per heavy atom. The van der Waals surface area contributed by atoms with E-state index in [1.807, 2.05) is 30.3 Å². The van der Waals surface area contributed by atoms with Gasteiger partial charge in [-0.05, 0) is 62.3 Å². The third-order valence-corrected chi connectivity index (χ3v) is 5.03. The van der Waals surface area contributed by atoms with Crippen molar-refractivity contribution in [1.82, 2.24) is 14.9 Å². The van der Waals surface area contributed by atoms with Gasteiger partial charge in [0.25, 0.3) is 0 Å². The molecule has 0 aliphatic carbocycles. The van der Waals surface area contributed by atoms with Crippen LogP contribution in [0.15, 0.2) is 47.2 Å². The molecule has 2 N–H and O–H groups in total. The van der Waals surface area contributed by atoms with Gasteiger partial charge in [-0.3, -0.25) is 4.90 Å². The van der Waals surface area contributed by atoms with E-state index in [2.05, 4.69) is 36.1 Å². The zero-order chi connectivity index (χ0) is 17.2. The van der Waals surface area contributed by atoms with Crippen LogP contribution < -0.4 is 5.32 Å². The first-order chi connectivity index (χ1) is 12.2. The van der Waals surface area contributed by atoms with Crippen molar-refractivity contribution in [2.75, 3.05) is 18.4 Å². The number of hydrogen-bond donors (Lipinski definition) is 2. The molecule has 0 bridgehead atoms. The van der Waals surface area contributed by atoms with Gasteiger partial charge in [0.05, 0.1) is 5.52 Å². The molecule has 128 valence electrons. The molecule has 5 nitrogen and oxygen atoms in total. The van der Waals surface area contributed by atoms with E-state index in [1.165, 1.54) is 12.8 Å². The smallest absolute Gasteiger partial charge is 0.141 e. The van der Waals surface area contributed by atoms with Gasteiger partial charge in [0, 0.05) is 27.7 Å². The Kier molecular flexibility index (Phi) is 4.55. The summed E-state index contributed by atoms with van der Waals surface area (Å²) in [7, 11) is 0. The monoisotopic (exact) mass is 398 g/mol. The Morgan fingerprint density at radius 1 is 1.08 bits per heavy atom. The zero-order valence-electron chi connectivity index (χ0n) is 13.7. The number of aromatic hydroxyl groups is 1. The molecule has 2 aromatic carbocycles. The van der Waals surface area contributed by atoms with Crippen molar-refractivity contribution in [3.8, 4) is 5.75 Å². The van der Waals surface area contributed by atoms with Crippen LogP contribution >= 0.6 is 15.9 Å². The quantitative estimate of drug-likeness (QED) is 0.636. The van der Waals surface area contributed by atoms with Crippen molar-refractivity contribution in [1.29, 1.82) is 0 Å². The Hall–Kier alpha value is -2.18. The van der Waals surface area contributed by atoms with Crippen molar-refractivity contribution in [3.63, 3.8) is 0 Å². The third kappa shape index (κ3) is 3.60. The molecule has 6 heteroatoms. The van der Waals surface area contributed by atoms with Gasteiger partial charge in [-0.1, -0.05) is 15.9 Å². The summed E-state index contributed by atoms with van der Waals surface area (Å²) in [6, 6.07) is 11.5. The lowest BCUT2D eigenvalue weighted by molar-refractivity contribution is 0.324. The van der Waals surface area contributed by atoms with Gasteiger partial charge < -0.3 is 10.4 Å². The minimum absolute atomic E-state index is 0.341. The van der Waals surface area contributed by atoms with Crippen molar-refractivity contribution in [3.05, 3.63) is 52.8 Å². The van der Waals surface area contributed by atoms with E-state index in [1.54, 1.807) is 12.4 Å². The first kappa shape index (κ1) is 16.3. The van der Waals surface area contributed by atoms with Gasteiger partial charge in [-0.2, -0.15) is 0 Å². The summed E-state index contributed by atoms with van der Waals surface area (Å²) in [5, 5.41) is 14.5. The van der Waals surface area contributed by atoms with Gasteiger partial charge >= 0.3 is 0 Å². The third-order valence-electron chi connectivity index (χ3n) is 4.53. The summed E-state index contributed by atoms with van der Waals surface area (Å²) in [4.78, 5) is 11.1. The van der Waals surface area contributed by atoms with Crippen LogP contribution in [0.4, 0.5) is 11.5 Å². The maximum absolute atomic E-state index is 10.2. The highest BCUT2D eigenvalue weighted by atomic mass is 79.9. The van der Waals surface area contributed by atoms with Crippen molar-refractivity contribution in [2.24, 2.45) is 0 Å². The number of nitrogens with zero attached hydrogens (tertiary/aromatic N) is 3. The van der Waals surface area contributed by atoms with E-state index < -0.39 is 0 Å². The number of anilines is 2. The van der Waals surface area contributed by atoms with Crippen LogP contribution in [0.1, 0.15) is 18.4 Å². The van der Waals surface area contributed by atoms with Gasteiger partial charge in [0.15, 0.2) is 0 Å². The lowest BCUT2D eigenvalue weighted by Gasteiger charge is -2.17. The highest BCUT2D eigenvalue weighted by Crippen LogP contribution is 2.29. The SMILES string of the molecule is Oc1ccc(Nc2ncnc3ccc(Br)cc23)cc1CN1CCCC1. The second-order valence-electron chi connectivity index (χ2n) is 6.34. The number of phenols is 1. The molecular formula is C19H19BrN4O. The molecule has 0 radical (unpaired) electrons. The van der Waals surface area contributed by atoms with Crippen LogP contribution in [0.25, 0.3) is 10.9 Å². The van der Waals surface area contributed by atoms with Crippen LogP contribution in [0.3, 0.4) is 0 Å². The molecule has 4 rings (SSSR count). The molecule has 0 unspecified atom stereocenters. The number of halogens is 1. The Labute approximate surface area is 154 Å². The number of benzene rings is 2. The van der Waals surface area contributed by atoms with E-state index in [9.17, 15) is 5.11 Å². The fraction of sp³-hybridized carbons (Fsp3) is 0.263. The number of aromatic nitrogens is 2. The fourth-order valence-corrected chi connectivity index (χ4v) is 3.60. The molecule has 1 aliphatic rings. The predicted octanol–water partition coefficient (Wildman–Crippen LogP) is 4.44. The number of phenolic OH excluding ortho intramolecular Hbond substituents is 1. The standard InChI is InChI=1S/C19H19BrN4O/c20-14-3-5-17-16(10-14)19(22-12-21-17)23-15-4-6-18(25)13(9-15)11-24-7-1-2-8-24/h3-6,9-10,12,25H,1-2,7-8,11H2,(H,21,22,23). The van der Waals surface area contributed by atoms with E-state index in [0.29, 0.717) is 5.75 Å². The van der Waals surface area contributed by atoms with E-state index in [4.69, 9.17) is 0 Å².